The van der Waals surface area contributed by atoms with E-state index >= 15 is 0 Å². The van der Waals surface area contributed by atoms with E-state index in [1.165, 1.54) is 77.0 Å². The summed E-state index contributed by atoms with van der Waals surface area (Å²) in [6, 6.07) is 1.62. The Morgan fingerprint density at radius 3 is 2.11 bits per heavy atom. The van der Waals surface area contributed by atoms with Crippen LogP contribution in [0.2, 0.25) is 0 Å². The highest BCUT2D eigenvalue weighted by Gasteiger charge is 2.21. The van der Waals surface area contributed by atoms with Crippen molar-refractivity contribution in [3.8, 4) is 0 Å². The Morgan fingerprint density at radius 1 is 0.947 bits per heavy atom. The van der Waals surface area contributed by atoms with Crippen LogP contribution < -0.4 is 5.32 Å². The number of nitrogens with one attached hydrogen (secondary N) is 1. The molecule has 0 amide bonds. The zero-order valence-electron chi connectivity index (χ0n) is 13.7. The molecule has 0 spiro atoms. The van der Waals surface area contributed by atoms with Gasteiger partial charge in [0, 0.05) is 12.1 Å². The SMILES string of the molecule is CCCCCC(CCCCC)NC1CCCC(C)C1. The minimum atomic E-state index is 0.799. The maximum Gasteiger partial charge on any atom is 0.00721 e. The second-order valence-electron chi connectivity index (χ2n) is 6.82. The van der Waals surface area contributed by atoms with Gasteiger partial charge in [0.2, 0.25) is 0 Å². The molecule has 1 nitrogen and oxygen atoms in total. The average molecular weight is 268 g/mol. The van der Waals surface area contributed by atoms with Crippen molar-refractivity contribution in [2.24, 2.45) is 5.92 Å². The second-order valence-corrected chi connectivity index (χ2v) is 6.82. The third-order valence-electron chi connectivity index (χ3n) is 4.72. The smallest absolute Gasteiger partial charge is 0.00721 e. The Morgan fingerprint density at radius 2 is 1.58 bits per heavy atom. The fourth-order valence-corrected chi connectivity index (χ4v) is 3.51. The van der Waals surface area contributed by atoms with E-state index in [0.717, 1.165) is 18.0 Å². The summed E-state index contributed by atoms with van der Waals surface area (Å²) < 4.78 is 0. The maximum atomic E-state index is 4.00. The second kappa shape index (κ2) is 10.7. The highest BCUT2D eigenvalue weighted by atomic mass is 14.9. The molecular formula is C18H37N. The zero-order valence-corrected chi connectivity index (χ0v) is 13.7. The molecule has 0 aromatic carbocycles. The van der Waals surface area contributed by atoms with E-state index in [9.17, 15) is 0 Å². The summed E-state index contributed by atoms with van der Waals surface area (Å²) in [6.07, 6.45) is 16.9. The van der Waals surface area contributed by atoms with Crippen LogP contribution in [0.25, 0.3) is 0 Å². The normalized spacial score (nSPS) is 24.0. The molecule has 0 saturated heterocycles. The average Bonchev–Trinajstić information content (AvgIpc) is 2.39. The molecule has 0 radical (unpaired) electrons. The molecule has 2 unspecified atom stereocenters. The Bertz CT molecular complexity index is 192. The summed E-state index contributed by atoms with van der Waals surface area (Å²) in [5, 5.41) is 4.00. The first-order chi connectivity index (χ1) is 9.26. The molecule has 0 aliphatic heterocycles. The molecule has 1 aliphatic rings. The molecule has 19 heavy (non-hydrogen) atoms. The van der Waals surface area contributed by atoms with Gasteiger partial charge in [-0.05, 0) is 31.6 Å². The van der Waals surface area contributed by atoms with Gasteiger partial charge in [-0.2, -0.15) is 0 Å². The number of rotatable bonds is 10. The first-order valence-electron chi connectivity index (χ1n) is 9.02. The van der Waals surface area contributed by atoms with Gasteiger partial charge in [-0.1, -0.05) is 72.1 Å². The Hall–Kier alpha value is -0.0400. The van der Waals surface area contributed by atoms with Crippen molar-refractivity contribution in [3.63, 3.8) is 0 Å². The zero-order chi connectivity index (χ0) is 13.9. The number of hydrogen-bond donors (Lipinski definition) is 1. The van der Waals surface area contributed by atoms with Crippen molar-refractivity contribution in [2.75, 3.05) is 0 Å². The van der Waals surface area contributed by atoms with Crippen LogP contribution in [0.15, 0.2) is 0 Å². The van der Waals surface area contributed by atoms with Gasteiger partial charge in [0.05, 0.1) is 0 Å². The van der Waals surface area contributed by atoms with Crippen LogP contribution in [0.3, 0.4) is 0 Å². The van der Waals surface area contributed by atoms with E-state index in [1.807, 2.05) is 0 Å². The summed E-state index contributed by atoms with van der Waals surface area (Å²) in [5.41, 5.74) is 0. The van der Waals surface area contributed by atoms with Crippen molar-refractivity contribution in [1.82, 2.24) is 5.32 Å². The van der Waals surface area contributed by atoms with Crippen LogP contribution in [0, 0.1) is 5.92 Å². The van der Waals surface area contributed by atoms with Gasteiger partial charge < -0.3 is 5.32 Å². The summed E-state index contributed by atoms with van der Waals surface area (Å²) in [6.45, 7) is 7.04. The minimum Gasteiger partial charge on any atom is -0.311 e. The molecule has 1 heteroatoms. The first kappa shape index (κ1) is 17.0. The summed E-state index contributed by atoms with van der Waals surface area (Å²) in [4.78, 5) is 0. The summed E-state index contributed by atoms with van der Waals surface area (Å²) >= 11 is 0. The molecule has 0 aromatic rings. The van der Waals surface area contributed by atoms with E-state index in [2.05, 4.69) is 26.1 Å². The number of hydrogen-bond acceptors (Lipinski definition) is 1. The van der Waals surface area contributed by atoms with E-state index in [4.69, 9.17) is 0 Å². The number of unbranched alkanes of at least 4 members (excludes halogenated alkanes) is 4. The molecule has 2 atom stereocenters. The highest BCUT2D eigenvalue weighted by molar-refractivity contribution is 4.80. The predicted molar refractivity (Wildman–Crippen MR) is 86.6 cm³/mol. The van der Waals surface area contributed by atoms with E-state index < -0.39 is 0 Å². The first-order valence-corrected chi connectivity index (χ1v) is 9.02. The minimum absolute atomic E-state index is 0.799. The highest BCUT2D eigenvalue weighted by Crippen LogP contribution is 2.25. The van der Waals surface area contributed by atoms with Gasteiger partial charge in [-0.15, -0.1) is 0 Å². The molecule has 1 saturated carbocycles. The fraction of sp³-hybridized carbons (Fsp3) is 1.00. The maximum absolute atomic E-state index is 4.00. The standard InChI is InChI=1S/C18H37N/c1-4-6-8-12-17(13-9-7-5-2)19-18-14-10-11-16(3)15-18/h16-19H,4-15H2,1-3H3. The monoisotopic (exact) mass is 267 g/mol. The van der Waals surface area contributed by atoms with Crippen molar-refractivity contribution in [3.05, 3.63) is 0 Å². The van der Waals surface area contributed by atoms with Crippen LogP contribution >= 0.6 is 0 Å². The lowest BCUT2D eigenvalue weighted by Gasteiger charge is -2.31. The van der Waals surface area contributed by atoms with Gasteiger partial charge in [0.1, 0.15) is 0 Å². The molecular weight excluding hydrogens is 230 g/mol. The van der Waals surface area contributed by atoms with Crippen LogP contribution in [0.5, 0.6) is 0 Å². The van der Waals surface area contributed by atoms with Gasteiger partial charge in [-0.25, -0.2) is 0 Å². The molecule has 0 bridgehead atoms. The lowest BCUT2D eigenvalue weighted by atomic mass is 9.86. The van der Waals surface area contributed by atoms with Gasteiger partial charge in [-0.3, -0.25) is 0 Å². The lowest BCUT2D eigenvalue weighted by Crippen LogP contribution is -2.40. The molecule has 1 fully saturated rings. The van der Waals surface area contributed by atoms with Crippen LogP contribution in [0.4, 0.5) is 0 Å². The Labute approximate surface area is 121 Å². The van der Waals surface area contributed by atoms with Gasteiger partial charge in [0.25, 0.3) is 0 Å². The largest absolute Gasteiger partial charge is 0.311 e. The van der Waals surface area contributed by atoms with E-state index in [0.29, 0.717) is 0 Å². The van der Waals surface area contributed by atoms with Crippen LogP contribution in [-0.2, 0) is 0 Å². The summed E-state index contributed by atoms with van der Waals surface area (Å²) in [7, 11) is 0. The Kier molecular flexibility index (Phi) is 9.59. The van der Waals surface area contributed by atoms with Crippen LogP contribution in [0.1, 0.15) is 97.8 Å². The molecule has 0 heterocycles. The van der Waals surface area contributed by atoms with E-state index in [1.54, 1.807) is 0 Å². The third kappa shape index (κ3) is 7.97. The summed E-state index contributed by atoms with van der Waals surface area (Å²) in [5.74, 6) is 0.943. The molecule has 0 aromatic heterocycles. The van der Waals surface area contributed by atoms with Gasteiger partial charge >= 0.3 is 0 Å². The van der Waals surface area contributed by atoms with Gasteiger partial charge in [0.15, 0.2) is 0 Å². The fourth-order valence-electron chi connectivity index (χ4n) is 3.51. The molecule has 1 N–H and O–H groups in total. The van der Waals surface area contributed by atoms with Crippen molar-refractivity contribution in [1.29, 1.82) is 0 Å². The third-order valence-corrected chi connectivity index (χ3v) is 4.72. The predicted octanol–water partition coefficient (Wildman–Crippen LogP) is 5.68. The van der Waals surface area contributed by atoms with Crippen molar-refractivity contribution < 1.29 is 0 Å². The quantitative estimate of drug-likeness (QED) is 0.502. The van der Waals surface area contributed by atoms with Crippen molar-refractivity contribution in [2.45, 2.75) is 110 Å². The molecule has 114 valence electrons. The Balaban J connectivity index is 2.28. The van der Waals surface area contributed by atoms with Crippen LogP contribution in [-0.4, -0.2) is 12.1 Å². The topological polar surface area (TPSA) is 12.0 Å². The van der Waals surface area contributed by atoms with Crippen molar-refractivity contribution >= 4 is 0 Å². The molecule has 1 rings (SSSR count). The lowest BCUT2D eigenvalue weighted by molar-refractivity contribution is 0.265. The van der Waals surface area contributed by atoms with E-state index in [-0.39, 0.29) is 0 Å². The molecule has 1 aliphatic carbocycles.